The molecule has 1 atom stereocenters. The van der Waals surface area contributed by atoms with Crippen LogP contribution in [-0.4, -0.2) is 26.3 Å². The first-order chi connectivity index (χ1) is 8.18. The maximum absolute atomic E-state index is 6.11. The van der Waals surface area contributed by atoms with Crippen LogP contribution in [0, 0.1) is 6.92 Å². The summed E-state index contributed by atoms with van der Waals surface area (Å²) < 4.78 is 5.76. The lowest BCUT2D eigenvalue weighted by Crippen LogP contribution is -2.33. The third-order valence-electron chi connectivity index (χ3n) is 3.46. The summed E-state index contributed by atoms with van der Waals surface area (Å²) >= 11 is 0. The largest absolute Gasteiger partial charge is 0.397 e. The second kappa shape index (κ2) is 5.41. The van der Waals surface area contributed by atoms with Gasteiger partial charge >= 0.3 is 0 Å². The lowest BCUT2D eigenvalue weighted by molar-refractivity contribution is 0.0216. The first-order valence-electron chi connectivity index (χ1n) is 6.36. The van der Waals surface area contributed by atoms with Gasteiger partial charge in [0.15, 0.2) is 0 Å². The van der Waals surface area contributed by atoms with Gasteiger partial charge < -0.3 is 15.4 Å². The number of rotatable bonds is 3. The van der Waals surface area contributed by atoms with Gasteiger partial charge in [-0.05, 0) is 37.8 Å². The summed E-state index contributed by atoms with van der Waals surface area (Å²) in [7, 11) is 2.09. The predicted molar refractivity (Wildman–Crippen MR) is 72.5 cm³/mol. The highest BCUT2D eigenvalue weighted by Gasteiger charge is 2.17. The average molecular weight is 234 g/mol. The Balaban J connectivity index is 2.03. The van der Waals surface area contributed by atoms with Crippen LogP contribution in [0.4, 0.5) is 11.4 Å². The van der Waals surface area contributed by atoms with Crippen LogP contribution in [0.1, 0.15) is 24.8 Å². The van der Waals surface area contributed by atoms with Gasteiger partial charge in [-0.1, -0.05) is 12.1 Å². The fourth-order valence-electron chi connectivity index (χ4n) is 2.35. The van der Waals surface area contributed by atoms with E-state index in [0.717, 1.165) is 36.5 Å². The monoisotopic (exact) mass is 234 g/mol. The maximum Gasteiger partial charge on any atom is 0.0749 e. The number of benzene rings is 1. The Labute approximate surface area is 104 Å². The van der Waals surface area contributed by atoms with Crippen molar-refractivity contribution in [1.29, 1.82) is 0 Å². The van der Waals surface area contributed by atoms with Gasteiger partial charge in [0.2, 0.25) is 0 Å². The normalized spacial score (nSPS) is 20.2. The third-order valence-corrected chi connectivity index (χ3v) is 3.46. The maximum atomic E-state index is 6.11. The fraction of sp³-hybridized carbons (Fsp3) is 0.571. The first kappa shape index (κ1) is 12.2. The van der Waals surface area contributed by atoms with Crippen molar-refractivity contribution in [2.45, 2.75) is 32.3 Å². The van der Waals surface area contributed by atoms with E-state index in [9.17, 15) is 0 Å². The highest BCUT2D eigenvalue weighted by atomic mass is 16.5. The van der Waals surface area contributed by atoms with E-state index in [4.69, 9.17) is 10.5 Å². The van der Waals surface area contributed by atoms with Crippen molar-refractivity contribution in [3.63, 3.8) is 0 Å². The van der Waals surface area contributed by atoms with Gasteiger partial charge in [0, 0.05) is 20.2 Å². The number of nitrogens with two attached hydrogens (primary N) is 1. The summed E-state index contributed by atoms with van der Waals surface area (Å²) in [5, 5.41) is 0. The van der Waals surface area contributed by atoms with Gasteiger partial charge in [-0.3, -0.25) is 0 Å². The van der Waals surface area contributed by atoms with E-state index < -0.39 is 0 Å². The molecule has 3 nitrogen and oxygen atoms in total. The van der Waals surface area contributed by atoms with E-state index in [1.807, 2.05) is 13.0 Å². The highest BCUT2D eigenvalue weighted by molar-refractivity contribution is 5.70. The molecule has 3 heteroatoms. The molecule has 0 radical (unpaired) electrons. The molecule has 1 fully saturated rings. The molecule has 94 valence electrons. The Morgan fingerprint density at radius 1 is 1.41 bits per heavy atom. The minimum Gasteiger partial charge on any atom is -0.397 e. The van der Waals surface area contributed by atoms with Gasteiger partial charge in [0.25, 0.3) is 0 Å². The van der Waals surface area contributed by atoms with E-state index in [1.54, 1.807) is 0 Å². The van der Waals surface area contributed by atoms with Crippen molar-refractivity contribution in [2.24, 2.45) is 0 Å². The van der Waals surface area contributed by atoms with Crippen LogP contribution in [0.3, 0.4) is 0 Å². The second-order valence-corrected chi connectivity index (χ2v) is 4.88. The third kappa shape index (κ3) is 2.91. The molecule has 17 heavy (non-hydrogen) atoms. The number of nitrogen functional groups attached to an aromatic ring is 1. The van der Waals surface area contributed by atoms with E-state index in [2.05, 4.69) is 24.1 Å². The number of hydrogen-bond acceptors (Lipinski definition) is 3. The molecular weight excluding hydrogens is 212 g/mol. The molecule has 0 saturated carbocycles. The number of likely N-dealkylation sites (N-methyl/N-ethyl adjacent to an activating group) is 1. The Bertz CT molecular complexity index is 372. The summed E-state index contributed by atoms with van der Waals surface area (Å²) in [5.41, 5.74) is 9.23. The molecule has 1 heterocycles. The van der Waals surface area contributed by atoms with Gasteiger partial charge in [0.1, 0.15) is 0 Å². The molecule has 1 aromatic carbocycles. The van der Waals surface area contributed by atoms with Crippen molar-refractivity contribution in [3.8, 4) is 0 Å². The lowest BCUT2D eigenvalue weighted by atomic mass is 10.1. The second-order valence-electron chi connectivity index (χ2n) is 4.88. The van der Waals surface area contributed by atoms with Crippen LogP contribution in [0.2, 0.25) is 0 Å². The zero-order chi connectivity index (χ0) is 12.3. The van der Waals surface area contributed by atoms with Gasteiger partial charge in [-0.15, -0.1) is 0 Å². The Morgan fingerprint density at radius 2 is 2.24 bits per heavy atom. The number of nitrogens with zero attached hydrogens (tertiary/aromatic N) is 1. The van der Waals surface area contributed by atoms with Crippen LogP contribution < -0.4 is 10.6 Å². The zero-order valence-corrected chi connectivity index (χ0v) is 10.8. The smallest absolute Gasteiger partial charge is 0.0749 e. The summed E-state index contributed by atoms with van der Waals surface area (Å²) in [4.78, 5) is 2.21. The lowest BCUT2D eigenvalue weighted by Gasteiger charge is -2.29. The predicted octanol–water partition coefficient (Wildman–Crippen LogP) is 2.58. The summed E-state index contributed by atoms with van der Waals surface area (Å²) in [5.74, 6) is 0. The van der Waals surface area contributed by atoms with E-state index in [0.29, 0.717) is 6.10 Å². The van der Waals surface area contributed by atoms with E-state index >= 15 is 0 Å². The molecule has 0 aromatic heterocycles. The van der Waals surface area contributed by atoms with Crippen molar-refractivity contribution in [1.82, 2.24) is 0 Å². The van der Waals surface area contributed by atoms with E-state index in [-0.39, 0.29) is 0 Å². The topological polar surface area (TPSA) is 38.5 Å². The van der Waals surface area contributed by atoms with Crippen LogP contribution in [0.5, 0.6) is 0 Å². The number of aryl methyl sites for hydroxylation is 1. The average Bonchev–Trinajstić information content (AvgIpc) is 2.34. The quantitative estimate of drug-likeness (QED) is 0.817. The molecule has 1 saturated heterocycles. The van der Waals surface area contributed by atoms with Crippen molar-refractivity contribution < 1.29 is 4.74 Å². The fourth-order valence-corrected chi connectivity index (χ4v) is 2.35. The Morgan fingerprint density at radius 3 is 2.94 bits per heavy atom. The van der Waals surface area contributed by atoms with Crippen molar-refractivity contribution in [2.75, 3.05) is 30.8 Å². The molecule has 1 aliphatic rings. The molecule has 2 rings (SSSR count). The Hall–Kier alpha value is -1.22. The molecular formula is C14H22N2O. The molecule has 1 unspecified atom stereocenters. The molecule has 0 aliphatic carbocycles. The number of anilines is 2. The molecule has 2 N–H and O–H groups in total. The van der Waals surface area contributed by atoms with Crippen LogP contribution in [0.15, 0.2) is 18.2 Å². The molecule has 1 aromatic rings. The van der Waals surface area contributed by atoms with Crippen molar-refractivity contribution >= 4 is 11.4 Å². The van der Waals surface area contributed by atoms with Gasteiger partial charge in [-0.25, -0.2) is 0 Å². The Kier molecular flexibility index (Phi) is 3.89. The zero-order valence-electron chi connectivity index (χ0n) is 10.8. The van der Waals surface area contributed by atoms with Gasteiger partial charge in [0.05, 0.1) is 17.5 Å². The minimum atomic E-state index is 0.355. The minimum absolute atomic E-state index is 0.355. The standard InChI is InChI=1S/C14H22N2O/c1-11-6-5-8-13(14(11)15)16(2)10-12-7-3-4-9-17-12/h5-6,8,12H,3-4,7,9-10,15H2,1-2H3. The van der Waals surface area contributed by atoms with Crippen LogP contribution in [-0.2, 0) is 4.74 Å². The molecule has 1 aliphatic heterocycles. The highest BCUT2D eigenvalue weighted by Crippen LogP contribution is 2.26. The molecule has 0 spiro atoms. The SMILES string of the molecule is Cc1cccc(N(C)CC2CCCCO2)c1N. The van der Waals surface area contributed by atoms with Crippen LogP contribution in [0.25, 0.3) is 0 Å². The summed E-state index contributed by atoms with van der Waals surface area (Å²) in [6.45, 7) is 3.87. The molecule has 0 bridgehead atoms. The van der Waals surface area contributed by atoms with E-state index in [1.165, 1.54) is 12.8 Å². The van der Waals surface area contributed by atoms with Crippen LogP contribution >= 0.6 is 0 Å². The molecule has 0 amide bonds. The summed E-state index contributed by atoms with van der Waals surface area (Å²) in [6, 6.07) is 6.17. The summed E-state index contributed by atoms with van der Waals surface area (Å²) in [6.07, 6.45) is 4.00. The number of ether oxygens (including phenoxy) is 1. The number of para-hydroxylation sites is 1. The van der Waals surface area contributed by atoms with Crippen molar-refractivity contribution in [3.05, 3.63) is 23.8 Å². The van der Waals surface area contributed by atoms with Gasteiger partial charge in [-0.2, -0.15) is 0 Å². The number of hydrogen-bond donors (Lipinski definition) is 1. The first-order valence-corrected chi connectivity index (χ1v) is 6.36.